The molecule has 0 aromatic heterocycles. The molecule has 0 saturated carbocycles. The Morgan fingerprint density at radius 3 is 2.50 bits per heavy atom. The Kier molecular flexibility index (Phi) is 5.72. The predicted octanol–water partition coefficient (Wildman–Crippen LogP) is 1.05. The lowest BCUT2D eigenvalue weighted by atomic mass is 9.98. The zero-order valence-corrected chi connectivity index (χ0v) is 11.2. The first kappa shape index (κ1) is 13.9. The summed E-state index contributed by atoms with van der Waals surface area (Å²) < 4.78 is 25.9. The van der Waals surface area contributed by atoms with Gasteiger partial charge in [0, 0.05) is 6.54 Å². The third-order valence-electron chi connectivity index (χ3n) is 3.20. The lowest BCUT2D eigenvalue weighted by molar-refractivity contribution is 0.220. The highest BCUT2D eigenvalue weighted by atomic mass is 32.2. The fourth-order valence-electron chi connectivity index (χ4n) is 1.92. The van der Waals surface area contributed by atoms with E-state index in [0.717, 1.165) is 38.8 Å². The molecule has 1 heterocycles. The molecule has 96 valence electrons. The van der Waals surface area contributed by atoms with Crippen molar-refractivity contribution in [3.8, 4) is 0 Å². The first-order valence-corrected chi connectivity index (χ1v) is 7.84. The molecule has 1 fully saturated rings. The van der Waals surface area contributed by atoms with E-state index in [0.29, 0.717) is 12.5 Å². The van der Waals surface area contributed by atoms with Crippen LogP contribution >= 0.6 is 0 Å². The molecule has 0 unspecified atom stereocenters. The number of likely N-dealkylation sites (tertiary alicyclic amines) is 1. The third-order valence-corrected chi connectivity index (χ3v) is 4.63. The van der Waals surface area contributed by atoms with Gasteiger partial charge in [0.15, 0.2) is 0 Å². The van der Waals surface area contributed by atoms with E-state index in [-0.39, 0.29) is 5.75 Å². The van der Waals surface area contributed by atoms with Gasteiger partial charge in [0.25, 0.3) is 0 Å². The topological polar surface area (TPSA) is 49.4 Å². The molecule has 5 heteroatoms. The van der Waals surface area contributed by atoms with Crippen molar-refractivity contribution in [2.24, 2.45) is 5.92 Å². The standard InChI is InChI=1S/C11H24N2O2S/c1-3-4-9-16(14,15)12-10-11-5-7-13(2)8-6-11/h11-12H,3-10H2,1-2H3. The van der Waals surface area contributed by atoms with Gasteiger partial charge in [-0.3, -0.25) is 0 Å². The summed E-state index contributed by atoms with van der Waals surface area (Å²) in [6.07, 6.45) is 3.89. The number of unbranched alkanes of at least 4 members (excludes halogenated alkanes) is 1. The Morgan fingerprint density at radius 1 is 1.31 bits per heavy atom. The maximum atomic E-state index is 11.6. The summed E-state index contributed by atoms with van der Waals surface area (Å²) >= 11 is 0. The molecule has 0 radical (unpaired) electrons. The van der Waals surface area contributed by atoms with Crippen molar-refractivity contribution in [2.75, 3.05) is 32.4 Å². The van der Waals surface area contributed by atoms with Crippen LogP contribution < -0.4 is 4.72 Å². The average molecular weight is 248 g/mol. The zero-order valence-electron chi connectivity index (χ0n) is 10.4. The Morgan fingerprint density at radius 2 is 1.94 bits per heavy atom. The maximum Gasteiger partial charge on any atom is 0.211 e. The van der Waals surface area contributed by atoms with Gasteiger partial charge in [0.1, 0.15) is 0 Å². The second-order valence-corrected chi connectivity index (χ2v) is 6.69. The maximum absolute atomic E-state index is 11.6. The quantitative estimate of drug-likeness (QED) is 0.764. The van der Waals surface area contributed by atoms with Crippen LogP contribution in [-0.2, 0) is 10.0 Å². The molecule has 1 saturated heterocycles. The molecule has 0 spiro atoms. The molecule has 0 aromatic carbocycles. The fraction of sp³-hybridized carbons (Fsp3) is 1.00. The van der Waals surface area contributed by atoms with E-state index in [1.54, 1.807) is 0 Å². The van der Waals surface area contributed by atoms with Gasteiger partial charge in [-0.1, -0.05) is 13.3 Å². The highest BCUT2D eigenvalue weighted by Gasteiger charge is 2.18. The van der Waals surface area contributed by atoms with Crippen molar-refractivity contribution in [1.29, 1.82) is 0 Å². The summed E-state index contributed by atoms with van der Waals surface area (Å²) in [6, 6.07) is 0. The molecule has 0 atom stereocenters. The van der Waals surface area contributed by atoms with Crippen LogP contribution in [0.25, 0.3) is 0 Å². The molecule has 1 aliphatic heterocycles. The number of sulfonamides is 1. The van der Waals surface area contributed by atoms with E-state index in [2.05, 4.69) is 16.7 Å². The van der Waals surface area contributed by atoms with Gasteiger partial charge in [0.05, 0.1) is 5.75 Å². The van der Waals surface area contributed by atoms with E-state index in [1.807, 2.05) is 6.92 Å². The fourth-order valence-corrected chi connectivity index (χ4v) is 3.22. The van der Waals surface area contributed by atoms with Crippen LogP contribution in [0.4, 0.5) is 0 Å². The third kappa shape index (κ3) is 5.27. The van der Waals surface area contributed by atoms with Gasteiger partial charge in [-0.15, -0.1) is 0 Å². The molecule has 0 amide bonds. The Bertz CT molecular complexity index is 282. The summed E-state index contributed by atoms with van der Waals surface area (Å²) in [5, 5.41) is 0. The van der Waals surface area contributed by atoms with Gasteiger partial charge in [-0.05, 0) is 45.3 Å². The first-order valence-electron chi connectivity index (χ1n) is 6.19. The molecule has 16 heavy (non-hydrogen) atoms. The number of hydrogen-bond donors (Lipinski definition) is 1. The summed E-state index contributed by atoms with van der Waals surface area (Å²) in [5.74, 6) is 0.795. The highest BCUT2D eigenvalue weighted by Crippen LogP contribution is 2.15. The second kappa shape index (κ2) is 6.57. The molecular formula is C11H24N2O2S. The van der Waals surface area contributed by atoms with Crippen LogP contribution in [-0.4, -0.2) is 45.8 Å². The largest absolute Gasteiger partial charge is 0.306 e. The number of hydrogen-bond acceptors (Lipinski definition) is 3. The van der Waals surface area contributed by atoms with Crippen LogP contribution in [0.2, 0.25) is 0 Å². The lowest BCUT2D eigenvalue weighted by Crippen LogP contribution is -2.37. The Balaban J connectivity index is 2.23. The SMILES string of the molecule is CCCCS(=O)(=O)NCC1CCN(C)CC1. The van der Waals surface area contributed by atoms with E-state index < -0.39 is 10.0 Å². The van der Waals surface area contributed by atoms with Crippen molar-refractivity contribution in [3.05, 3.63) is 0 Å². The smallest absolute Gasteiger partial charge is 0.211 e. The van der Waals surface area contributed by atoms with Crippen LogP contribution in [0.1, 0.15) is 32.6 Å². The Hall–Kier alpha value is -0.130. The van der Waals surface area contributed by atoms with E-state index in [4.69, 9.17) is 0 Å². The minimum absolute atomic E-state index is 0.274. The summed E-state index contributed by atoms with van der Waals surface area (Å²) in [4.78, 5) is 2.29. The predicted molar refractivity (Wildman–Crippen MR) is 66.9 cm³/mol. The van der Waals surface area contributed by atoms with Crippen LogP contribution in [0.15, 0.2) is 0 Å². The minimum Gasteiger partial charge on any atom is -0.306 e. The van der Waals surface area contributed by atoms with Gasteiger partial charge < -0.3 is 4.90 Å². The van der Waals surface area contributed by atoms with Crippen molar-refractivity contribution in [2.45, 2.75) is 32.6 Å². The minimum atomic E-state index is -3.02. The van der Waals surface area contributed by atoms with Gasteiger partial charge in [-0.25, -0.2) is 13.1 Å². The summed E-state index contributed by atoms with van der Waals surface area (Å²) in [6.45, 7) is 4.80. The van der Waals surface area contributed by atoms with Crippen molar-refractivity contribution in [3.63, 3.8) is 0 Å². The van der Waals surface area contributed by atoms with E-state index in [9.17, 15) is 8.42 Å². The molecule has 0 aromatic rings. The molecule has 0 aliphatic carbocycles. The summed E-state index contributed by atoms with van der Waals surface area (Å²) in [7, 11) is -0.908. The first-order chi connectivity index (χ1) is 7.53. The van der Waals surface area contributed by atoms with Crippen molar-refractivity contribution in [1.82, 2.24) is 9.62 Å². The average Bonchev–Trinajstić information content (AvgIpc) is 2.26. The molecule has 1 aliphatic rings. The monoisotopic (exact) mass is 248 g/mol. The zero-order chi connectivity index (χ0) is 12.0. The van der Waals surface area contributed by atoms with E-state index in [1.165, 1.54) is 0 Å². The van der Waals surface area contributed by atoms with Crippen LogP contribution in [0.3, 0.4) is 0 Å². The van der Waals surface area contributed by atoms with Gasteiger partial charge >= 0.3 is 0 Å². The van der Waals surface area contributed by atoms with Crippen LogP contribution in [0, 0.1) is 5.92 Å². The number of piperidine rings is 1. The molecular weight excluding hydrogens is 224 g/mol. The molecule has 0 bridgehead atoms. The van der Waals surface area contributed by atoms with E-state index >= 15 is 0 Å². The normalized spacial score (nSPS) is 20.1. The second-order valence-electron chi connectivity index (χ2n) is 4.77. The van der Waals surface area contributed by atoms with Crippen LogP contribution in [0.5, 0.6) is 0 Å². The number of nitrogens with zero attached hydrogens (tertiary/aromatic N) is 1. The van der Waals surface area contributed by atoms with Gasteiger partial charge in [0.2, 0.25) is 10.0 Å². The molecule has 1 rings (SSSR count). The van der Waals surface area contributed by atoms with Crippen molar-refractivity contribution < 1.29 is 8.42 Å². The number of nitrogens with one attached hydrogen (secondary N) is 1. The Labute approximate surface area is 99.5 Å². The summed E-state index contributed by atoms with van der Waals surface area (Å²) in [5.41, 5.74) is 0. The molecule has 4 nitrogen and oxygen atoms in total. The van der Waals surface area contributed by atoms with Gasteiger partial charge in [-0.2, -0.15) is 0 Å². The molecule has 1 N–H and O–H groups in total. The number of rotatable bonds is 6. The highest BCUT2D eigenvalue weighted by molar-refractivity contribution is 7.89. The van der Waals surface area contributed by atoms with Crippen molar-refractivity contribution >= 4 is 10.0 Å². The lowest BCUT2D eigenvalue weighted by Gasteiger charge is -2.28.